The van der Waals surface area contributed by atoms with Gasteiger partial charge in [0, 0.05) is 45.1 Å². The number of amides is 1. The molecule has 3 aromatic rings. The molecule has 1 aromatic carbocycles. The van der Waals surface area contributed by atoms with Crippen molar-refractivity contribution in [2.24, 2.45) is 7.05 Å². The number of carboxylic acid groups (broad SMARTS) is 1. The lowest BCUT2D eigenvalue weighted by Gasteiger charge is -2.36. The molecule has 1 amide bonds. The van der Waals surface area contributed by atoms with Crippen LogP contribution in [-0.2, 0) is 13.2 Å². The van der Waals surface area contributed by atoms with Gasteiger partial charge in [0.05, 0.1) is 28.7 Å². The van der Waals surface area contributed by atoms with Crippen LogP contribution in [-0.4, -0.2) is 72.5 Å². The van der Waals surface area contributed by atoms with Gasteiger partial charge in [0.15, 0.2) is 0 Å². The molecule has 2 fully saturated rings. The number of aryl methyl sites for hydroxylation is 1. The van der Waals surface area contributed by atoms with Crippen LogP contribution in [0.2, 0.25) is 0 Å². The van der Waals surface area contributed by atoms with Gasteiger partial charge >= 0.3 is 12.3 Å². The maximum absolute atomic E-state index is 12.8. The number of aromatic nitrogens is 4. The number of imidazole rings is 1. The number of aliphatic hydroxyl groups excluding tert-OH is 1. The van der Waals surface area contributed by atoms with Crippen molar-refractivity contribution in [3.63, 3.8) is 0 Å². The van der Waals surface area contributed by atoms with Crippen molar-refractivity contribution in [1.82, 2.24) is 24.4 Å². The molecule has 2 saturated heterocycles. The molecule has 2 aromatic heterocycles. The van der Waals surface area contributed by atoms with Crippen molar-refractivity contribution in [1.29, 1.82) is 0 Å². The second-order valence-corrected chi connectivity index (χ2v) is 9.64. The fourth-order valence-electron chi connectivity index (χ4n) is 5.27. The molecule has 2 aliphatic rings. The Kier molecular flexibility index (Phi) is 6.56. The molecule has 3 atom stereocenters. The van der Waals surface area contributed by atoms with Crippen molar-refractivity contribution < 1.29 is 28.2 Å². The predicted molar refractivity (Wildman–Crippen MR) is 129 cm³/mol. The van der Waals surface area contributed by atoms with Crippen LogP contribution in [0.1, 0.15) is 42.9 Å². The van der Waals surface area contributed by atoms with E-state index >= 15 is 0 Å². The first-order valence-corrected chi connectivity index (χ1v) is 12.1. The Balaban J connectivity index is 1.36. The lowest BCUT2D eigenvalue weighted by molar-refractivity contribution is -0.138. The summed E-state index contributed by atoms with van der Waals surface area (Å²) in [5.41, 5.74) is 1.56. The van der Waals surface area contributed by atoms with Crippen LogP contribution in [0.25, 0.3) is 11.0 Å². The normalized spacial score (nSPS) is 22.9. The molecule has 2 aliphatic heterocycles. The van der Waals surface area contributed by atoms with Gasteiger partial charge in [-0.05, 0) is 43.4 Å². The van der Waals surface area contributed by atoms with Gasteiger partial charge < -0.3 is 29.9 Å². The van der Waals surface area contributed by atoms with Gasteiger partial charge in [0.2, 0.25) is 11.9 Å². The van der Waals surface area contributed by atoms with E-state index < -0.39 is 23.9 Å². The summed E-state index contributed by atoms with van der Waals surface area (Å²) in [6.07, 6.45) is -1.73. The maximum Gasteiger partial charge on any atom is 0.419 e. The van der Waals surface area contributed by atoms with Crippen LogP contribution in [0.4, 0.5) is 29.9 Å². The average molecular weight is 520 g/mol. The van der Waals surface area contributed by atoms with Gasteiger partial charge in [-0.1, -0.05) is 6.07 Å². The summed E-state index contributed by atoms with van der Waals surface area (Å²) >= 11 is 0. The topological polar surface area (TPSA) is 120 Å². The Morgan fingerprint density at radius 1 is 1.16 bits per heavy atom. The van der Waals surface area contributed by atoms with Gasteiger partial charge in [0.25, 0.3) is 0 Å². The van der Waals surface area contributed by atoms with E-state index in [4.69, 9.17) is 4.98 Å². The van der Waals surface area contributed by atoms with Gasteiger partial charge in [0.1, 0.15) is 0 Å². The number of nitrogens with one attached hydrogen (secondary N) is 1. The average Bonchev–Trinajstić information content (AvgIpc) is 3.19. The van der Waals surface area contributed by atoms with Crippen molar-refractivity contribution in [3.8, 4) is 0 Å². The Morgan fingerprint density at radius 3 is 2.62 bits per heavy atom. The highest BCUT2D eigenvalue weighted by molar-refractivity contribution is 5.80. The number of fused-ring (bicyclic) bond motifs is 1. The molecule has 37 heavy (non-hydrogen) atoms. The Bertz CT molecular complexity index is 1280. The van der Waals surface area contributed by atoms with Gasteiger partial charge in [-0.3, -0.25) is 0 Å². The fourth-order valence-corrected chi connectivity index (χ4v) is 5.27. The number of piperidine rings is 2. The minimum absolute atomic E-state index is 0.0529. The number of anilines is 2. The smallest absolute Gasteiger partial charge is 0.419 e. The largest absolute Gasteiger partial charge is 0.465 e. The van der Waals surface area contributed by atoms with Crippen LogP contribution in [0.15, 0.2) is 30.6 Å². The number of hydrogen-bond acceptors (Lipinski definition) is 7. The molecule has 13 heteroatoms. The number of benzene rings is 1. The third-order valence-electron chi connectivity index (χ3n) is 7.04. The van der Waals surface area contributed by atoms with Crippen molar-refractivity contribution in [2.75, 3.05) is 29.9 Å². The van der Waals surface area contributed by atoms with Crippen molar-refractivity contribution >= 4 is 29.0 Å². The standard InChI is InChI=1S/C24H28F3N7O3/c1-32-20-6-5-14(19-4-2-3-7-34(19)23(36)37)8-18(20)31-22(32)33-12-16(9-17(35)13-33)30-21-28-10-15(11-29-21)24(25,26)27/h5-6,8,10-11,16-17,19,35H,2-4,7,9,12-13H2,1H3,(H,36,37)(H,28,29,30)/t16-,17-,19?/m1/s1. The molecule has 10 nitrogen and oxygen atoms in total. The minimum Gasteiger partial charge on any atom is -0.465 e. The third-order valence-corrected chi connectivity index (χ3v) is 7.04. The molecule has 3 N–H and O–H groups in total. The van der Waals surface area contributed by atoms with Crippen LogP contribution in [0, 0.1) is 0 Å². The lowest BCUT2D eigenvalue weighted by atomic mass is 9.95. The number of halogens is 3. The zero-order valence-corrected chi connectivity index (χ0v) is 20.2. The van der Waals surface area contributed by atoms with Crippen LogP contribution >= 0.6 is 0 Å². The zero-order valence-electron chi connectivity index (χ0n) is 20.2. The zero-order chi connectivity index (χ0) is 26.3. The summed E-state index contributed by atoms with van der Waals surface area (Å²) in [7, 11) is 1.87. The number of aliphatic hydroxyl groups is 1. The highest BCUT2D eigenvalue weighted by atomic mass is 19.4. The molecule has 5 rings (SSSR count). The summed E-state index contributed by atoms with van der Waals surface area (Å²) < 4.78 is 40.3. The maximum atomic E-state index is 12.8. The highest BCUT2D eigenvalue weighted by Gasteiger charge is 2.33. The second-order valence-electron chi connectivity index (χ2n) is 9.64. The number of carbonyl (C=O) groups is 1. The first-order chi connectivity index (χ1) is 17.6. The summed E-state index contributed by atoms with van der Waals surface area (Å²) in [4.78, 5) is 27.5. The molecule has 198 valence electrons. The van der Waals surface area contributed by atoms with E-state index in [1.54, 1.807) is 0 Å². The second kappa shape index (κ2) is 9.69. The lowest BCUT2D eigenvalue weighted by Crippen LogP contribution is -2.49. The molecule has 1 unspecified atom stereocenters. The third kappa shape index (κ3) is 5.13. The highest BCUT2D eigenvalue weighted by Crippen LogP contribution is 2.34. The van der Waals surface area contributed by atoms with Crippen LogP contribution in [0.3, 0.4) is 0 Å². The van der Waals surface area contributed by atoms with E-state index in [0.29, 0.717) is 32.0 Å². The molecule has 0 saturated carbocycles. The number of β-amino-alcohol motifs (C(OH)–C–C–N with tert-alkyl or cyclic N) is 1. The van der Waals surface area contributed by atoms with Gasteiger partial charge in [-0.25, -0.2) is 19.7 Å². The molecule has 0 spiro atoms. The van der Waals surface area contributed by atoms with E-state index in [1.165, 1.54) is 4.90 Å². The van der Waals surface area contributed by atoms with Crippen LogP contribution < -0.4 is 10.2 Å². The number of nitrogens with zero attached hydrogens (tertiary/aromatic N) is 6. The molecule has 0 radical (unpaired) electrons. The monoisotopic (exact) mass is 519 g/mol. The van der Waals surface area contributed by atoms with Crippen molar-refractivity contribution in [2.45, 2.75) is 50.0 Å². The minimum atomic E-state index is -4.51. The summed E-state index contributed by atoms with van der Waals surface area (Å²) in [5.74, 6) is 0.682. The molecular weight excluding hydrogens is 491 g/mol. The summed E-state index contributed by atoms with van der Waals surface area (Å²) in [5, 5.41) is 23.2. The van der Waals surface area contributed by atoms with Crippen molar-refractivity contribution in [3.05, 3.63) is 41.7 Å². The fraction of sp³-hybridized carbons (Fsp3) is 0.500. The van der Waals surface area contributed by atoms with E-state index in [-0.39, 0.29) is 18.0 Å². The number of hydrogen-bond donors (Lipinski definition) is 3. The molecular formula is C24H28F3N7O3. The van der Waals surface area contributed by atoms with E-state index in [2.05, 4.69) is 15.3 Å². The molecule has 4 heterocycles. The Labute approximate surface area is 210 Å². The van der Waals surface area contributed by atoms with Gasteiger partial charge in [-0.15, -0.1) is 0 Å². The first kappa shape index (κ1) is 25.1. The molecule has 0 bridgehead atoms. The number of likely N-dealkylation sites (tertiary alicyclic amines) is 1. The number of rotatable bonds is 4. The van der Waals surface area contributed by atoms with Gasteiger partial charge in [-0.2, -0.15) is 13.2 Å². The Hall–Kier alpha value is -3.61. The first-order valence-electron chi connectivity index (χ1n) is 12.1. The summed E-state index contributed by atoms with van der Waals surface area (Å²) in [6, 6.07) is 5.27. The SMILES string of the molecule is Cn1c(N2C[C@H](O)C[C@@H](Nc3ncc(C(F)(F)F)cn3)C2)nc2cc(C3CCCCN3C(=O)O)ccc21. The predicted octanol–water partition coefficient (Wildman–Crippen LogP) is 3.64. The quantitative estimate of drug-likeness (QED) is 0.478. The van der Waals surface area contributed by atoms with E-state index in [0.717, 1.165) is 48.3 Å². The Morgan fingerprint density at radius 2 is 1.92 bits per heavy atom. The molecule has 0 aliphatic carbocycles. The van der Waals surface area contributed by atoms with E-state index in [1.807, 2.05) is 34.7 Å². The van der Waals surface area contributed by atoms with E-state index in [9.17, 15) is 28.2 Å². The summed E-state index contributed by atoms with van der Waals surface area (Å²) in [6.45, 7) is 1.28. The van der Waals surface area contributed by atoms with Crippen LogP contribution in [0.5, 0.6) is 0 Å². The number of alkyl halides is 3.